The van der Waals surface area contributed by atoms with Crippen molar-refractivity contribution in [2.75, 3.05) is 0 Å². The summed E-state index contributed by atoms with van der Waals surface area (Å²) in [7, 11) is 0. The number of aryl methyl sites for hydroxylation is 1. The number of hydrogen-bond donors (Lipinski definition) is 3. The van der Waals surface area contributed by atoms with Gasteiger partial charge in [-0.3, -0.25) is 0 Å². The SMILES string of the molecule is C#Cc1ccc(Cc2cc([C@@H]3OC(=O)[C@@H](O)[C@H](O)[C@H]3O)ccc2C)cc1. The van der Waals surface area contributed by atoms with Crippen LogP contribution in [0.4, 0.5) is 0 Å². The molecule has 5 heteroatoms. The Morgan fingerprint density at radius 3 is 2.42 bits per heavy atom. The van der Waals surface area contributed by atoms with E-state index in [1.54, 1.807) is 6.07 Å². The number of hydrogen-bond acceptors (Lipinski definition) is 5. The van der Waals surface area contributed by atoms with Crippen molar-refractivity contribution >= 4 is 5.97 Å². The lowest BCUT2D eigenvalue weighted by Crippen LogP contribution is -2.51. The highest BCUT2D eigenvalue weighted by Crippen LogP contribution is 2.31. The number of rotatable bonds is 3. The molecule has 1 aliphatic heterocycles. The lowest BCUT2D eigenvalue weighted by atomic mass is 9.91. The Kier molecular flexibility index (Phi) is 5.10. The van der Waals surface area contributed by atoms with Crippen LogP contribution in [0.15, 0.2) is 42.5 Å². The average molecular weight is 352 g/mol. The summed E-state index contributed by atoms with van der Waals surface area (Å²) in [6.45, 7) is 1.97. The molecule has 0 spiro atoms. The summed E-state index contributed by atoms with van der Waals surface area (Å²) < 4.78 is 5.12. The average Bonchev–Trinajstić information content (AvgIpc) is 2.65. The van der Waals surface area contributed by atoms with Crippen molar-refractivity contribution in [3.63, 3.8) is 0 Å². The molecule has 26 heavy (non-hydrogen) atoms. The molecule has 2 aromatic carbocycles. The van der Waals surface area contributed by atoms with Crippen molar-refractivity contribution in [3.05, 3.63) is 70.3 Å². The fraction of sp³-hybridized carbons (Fsp3) is 0.286. The fourth-order valence-corrected chi connectivity index (χ4v) is 3.03. The first-order chi connectivity index (χ1) is 12.4. The van der Waals surface area contributed by atoms with Crippen LogP contribution in [0.25, 0.3) is 0 Å². The summed E-state index contributed by atoms with van der Waals surface area (Å²) in [6, 6.07) is 13.1. The summed E-state index contributed by atoms with van der Waals surface area (Å²) in [5, 5.41) is 29.5. The lowest BCUT2D eigenvalue weighted by molar-refractivity contribution is -0.203. The van der Waals surface area contributed by atoms with Crippen LogP contribution in [0, 0.1) is 19.3 Å². The predicted octanol–water partition coefficient (Wildman–Crippen LogP) is 1.25. The predicted molar refractivity (Wildman–Crippen MR) is 95.2 cm³/mol. The zero-order chi connectivity index (χ0) is 18.8. The summed E-state index contributed by atoms with van der Waals surface area (Å²) in [6.07, 6.45) is 0.280. The van der Waals surface area contributed by atoms with Crippen LogP contribution in [0.3, 0.4) is 0 Å². The number of carbonyl (C=O) groups excluding carboxylic acids is 1. The molecule has 3 rings (SSSR count). The van der Waals surface area contributed by atoms with Crippen molar-refractivity contribution in [3.8, 4) is 12.3 Å². The molecule has 0 bridgehead atoms. The Morgan fingerprint density at radius 1 is 1.08 bits per heavy atom. The van der Waals surface area contributed by atoms with Gasteiger partial charge in [-0.05, 0) is 47.7 Å². The van der Waals surface area contributed by atoms with E-state index in [1.165, 1.54) is 0 Å². The maximum absolute atomic E-state index is 11.7. The molecule has 1 aliphatic rings. The van der Waals surface area contributed by atoms with Gasteiger partial charge in [0, 0.05) is 5.56 Å². The quantitative estimate of drug-likeness (QED) is 0.572. The molecule has 1 fully saturated rings. The minimum atomic E-state index is -1.74. The summed E-state index contributed by atoms with van der Waals surface area (Å²) in [5.74, 6) is 1.63. The molecule has 0 aliphatic carbocycles. The number of terminal acetylenes is 1. The van der Waals surface area contributed by atoms with E-state index in [2.05, 4.69) is 5.92 Å². The fourth-order valence-electron chi connectivity index (χ4n) is 3.03. The summed E-state index contributed by atoms with van der Waals surface area (Å²) >= 11 is 0. The Balaban J connectivity index is 1.87. The molecule has 5 nitrogen and oxygen atoms in total. The van der Waals surface area contributed by atoms with Crippen molar-refractivity contribution in [1.82, 2.24) is 0 Å². The molecule has 1 heterocycles. The summed E-state index contributed by atoms with van der Waals surface area (Å²) in [5.41, 5.74) is 4.49. The van der Waals surface area contributed by atoms with E-state index in [-0.39, 0.29) is 0 Å². The second-order valence-corrected chi connectivity index (χ2v) is 6.49. The third-order valence-corrected chi connectivity index (χ3v) is 4.69. The minimum absolute atomic E-state index is 0.567. The first kappa shape index (κ1) is 18.2. The largest absolute Gasteiger partial charge is 0.453 e. The Hall–Kier alpha value is -2.65. The lowest BCUT2D eigenvalue weighted by Gasteiger charge is -2.34. The highest BCUT2D eigenvalue weighted by Gasteiger charge is 2.44. The zero-order valence-electron chi connectivity index (χ0n) is 14.3. The van der Waals surface area contributed by atoms with E-state index < -0.39 is 30.4 Å². The molecule has 0 radical (unpaired) electrons. The van der Waals surface area contributed by atoms with Crippen LogP contribution in [-0.2, 0) is 16.0 Å². The zero-order valence-corrected chi connectivity index (χ0v) is 14.3. The van der Waals surface area contributed by atoms with Gasteiger partial charge in [0.15, 0.2) is 12.2 Å². The second-order valence-electron chi connectivity index (χ2n) is 6.49. The van der Waals surface area contributed by atoms with E-state index in [4.69, 9.17) is 11.2 Å². The molecule has 0 aromatic heterocycles. The van der Waals surface area contributed by atoms with Crippen LogP contribution in [0.1, 0.15) is 33.9 Å². The third kappa shape index (κ3) is 3.49. The number of esters is 1. The number of aliphatic hydroxyl groups excluding tert-OH is 3. The number of cyclic esters (lactones) is 1. The second kappa shape index (κ2) is 7.30. The molecule has 4 atom stereocenters. The van der Waals surface area contributed by atoms with Gasteiger partial charge in [-0.2, -0.15) is 0 Å². The van der Waals surface area contributed by atoms with Gasteiger partial charge < -0.3 is 20.1 Å². The van der Waals surface area contributed by atoms with Gasteiger partial charge in [0.05, 0.1) is 0 Å². The van der Waals surface area contributed by atoms with Crippen molar-refractivity contribution in [2.45, 2.75) is 37.8 Å². The van der Waals surface area contributed by atoms with Gasteiger partial charge in [-0.1, -0.05) is 36.3 Å². The van der Waals surface area contributed by atoms with Gasteiger partial charge >= 0.3 is 5.97 Å². The van der Waals surface area contributed by atoms with E-state index in [9.17, 15) is 20.1 Å². The van der Waals surface area contributed by atoms with Crippen molar-refractivity contribution in [2.24, 2.45) is 0 Å². The number of benzene rings is 2. The third-order valence-electron chi connectivity index (χ3n) is 4.69. The van der Waals surface area contributed by atoms with E-state index >= 15 is 0 Å². The maximum Gasteiger partial charge on any atom is 0.338 e. The van der Waals surface area contributed by atoms with E-state index in [1.807, 2.05) is 43.3 Å². The van der Waals surface area contributed by atoms with Gasteiger partial charge in [-0.15, -0.1) is 6.42 Å². The summed E-state index contributed by atoms with van der Waals surface area (Å²) in [4.78, 5) is 11.7. The molecular weight excluding hydrogens is 332 g/mol. The van der Waals surface area contributed by atoms with Gasteiger partial charge in [0.1, 0.15) is 12.2 Å². The van der Waals surface area contributed by atoms with Crippen LogP contribution >= 0.6 is 0 Å². The number of aliphatic hydroxyl groups is 3. The number of ether oxygens (including phenoxy) is 1. The molecule has 1 saturated heterocycles. The van der Waals surface area contributed by atoms with Crippen molar-refractivity contribution in [1.29, 1.82) is 0 Å². The molecular formula is C21H20O5. The normalized spacial score (nSPS) is 25.4. The minimum Gasteiger partial charge on any atom is -0.453 e. The van der Waals surface area contributed by atoms with Crippen LogP contribution in [0.2, 0.25) is 0 Å². The highest BCUT2D eigenvalue weighted by atomic mass is 16.6. The Bertz CT molecular complexity index is 850. The standard InChI is InChI=1S/C21H20O5/c1-3-13-5-7-14(8-6-13)10-16-11-15(9-4-12(16)2)20-18(23)17(22)19(24)21(25)26-20/h1,4-9,11,17-20,22-24H,10H2,2H3/t17-,18-,19+,20+/m1/s1. The van der Waals surface area contributed by atoms with Gasteiger partial charge in [0.25, 0.3) is 0 Å². The van der Waals surface area contributed by atoms with Crippen LogP contribution in [0.5, 0.6) is 0 Å². The first-order valence-corrected chi connectivity index (χ1v) is 8.30. The maximum atomic E-state index is 11.7. The van der Waals surface area contributed by atoms with E-state index in [0.29, 0.717) is 12.0 Å². The van der Waals surface area contributed by atoms with E-state index in [0.717, 1.165) is 22.3 Å². The smallest absolute Gasteiger partial charge is 0.338 e. The topological polar surface area (TPSA) is 87.0 Å². The molecule has 134 valence electrons. The van der Waals surface area contributed by atoms with Crippen molar-refractivity contribution < 1.29 is 24.9 Å². The Morgan fingerprint density at radius 2 is 1.77 bits per heavy atom. The number of carbonyl (C=O) groups is 1. The molecule has 3 N–H and O–H groups in total. The first-order valence-electron chi connectivity index (χ1n) is 8.30. The molecule has 0 saturated carbocycles. The van der Waals surface area contributed by atoms with Crippen LogP contribution in [-0.4, -0.2) is 39.6 Å². The van der Waals surface area contributed by atoms with Gasteiger partial charge in [0.2, 0.25) is 0 Å². The Labute approximate surface area is 151 Å². The molecule has 2 aromatic rings. The molecule has 0 amide bonds. The monoisotopic (exact) mass is 352 g/mol. The highest BCUT2D eigenvalue weighted by molar-refractivity contribution is 5.76. The van der Waals surface area contributed by atoms with Gasteiger partial charge in [-0.25, -0.2) is 4.79 Å². The van der Waals surface area contributed by atoms with Crippen LogP contribution < -0.4 is 0 Å². The molecule has 0 unspecified atom stereocenters.